The van der Waals surface area contributed by atoms with Gasteiger partial charge in [-0.3, -0.25) is 0 Å². The van der Waals surface area contributed by atoms with E-state index >= 15 is 0 Å². The Hall–Kier alpha value is -1.66. The summed E-state index contributed by atoms with van der Waals surface area (Å²) < 4.78 is 5.49. The molecule has 1 aromatic heterocycles. The second-order valence-corrected chi connectivity index (χ2v) is 4.57. The lowest BCUT2D eigenvalue weighted by molar-refractivity contribution is 0.0690. The van der Waals surface area contributed by atoms with Gasteiger partial charge in [-0.25, -0.2) is 9.78 Å². The number of rotatable bonds is 2. The van der Waals surface area contributed by atoms with Crippen molar-refractivity contribution in [2.45, 2.75) is 12.1 Å². The fraction of sp³-hybridized carbons (Fsp3) is 0.500. The zero-order valence-corrected chi connectivity index (χ0v) is 9.87. The monoisotopic (exact) mass is 249 g/mol. The number of nitrogens with zero attached hydrogens (tertiary/aromatic N) is 2. The zero-order valence-electron chi connectivity index (χ0n) is 9.87. The second-order valence-electron chi connectivity index (χ2n) is 4.57. The molecule has 2 aliphatic heterocycles. The Bertz CT molecular complexity index is 448. The van der Waals surface area contributed by atoms with Crippen LogP contribution in [0.15, 0.2) is 18.3 Å². The molecule has 6 nitrogen and oxygen atoms in total. The number of nitrogens with one attached hydrogen (secondary N) is 1. The smallest absolute Gasteiger partial charge is 0.354 e. The van der Waals surface area contributed by atoms with Gasteiger partial charge in [0.1, 0.15) is 5.69 Å². The van der Waals surface area contributed by atoms with Gasteiger partial charge in [-0.15, -0.1) is 0 Å². The van der Waals surface area contributed by atoms with Gasteiger partial charge >= 0.3 is 5.97 Å². The Morgan fingerprint density at radius 2 is 2.39 bits per heavy atom. The van der Waals surface area contributed by atoms with Crippen LogP contribution in [0.25, 0.3) is 0 Å². The number of ether oxygens (including phenoxy) is 1. The number of anilines is 1. The van der Waals surface area contributed by atoms with Crippen molar-refractivity contribution in [3.05, 3.63) is 24.0 Å². The lowest BCUT2D eigenvalue weighted by Gasteiger charge is -2.38. The van der Waals surface area contributed by atoms with Crippen molar-refractivity contribution in [2.24, 2.45) is 0 Å². The minimum atomic E-state index is -0.996. The molecule has 2 unspecified atom stereocenters. The first-order chi connectivity index (χ1) is 8.75. The maximum Gasteiger partial charge on any atom is 0.354 e. The number of fused-ring (bicyclic) bond motifs is 1. The fourth-order valence-corrected chi connectivity index (χ4v) is 2.58. The summed E-state index contributed by atoms with van der Waals surface area (Å²) in [5.74, 6) is -0.996. The number of carboxylic acids is 1. The van der Waals surface area contributed by atoms with Crippen LogP contribution in [0, 0.1) is 0 Å². The van der Waals surface area contributed by atoms with E-state index in [-0.39, 0.29) is 5.69 Å². The number of hydrogen-bond acceptors (Lipinski definition) is 5. The van der Waals surface area contributed by atoms with Gasteiger partial charge in [0.15, 0.2) is 0 Å². The number of carbonyl (C=O) groups is 1. The first kappa shape index (κ1) is 11.4. The number of piperazine rings is 1. The van der Waals surface area contributed by atoms with Gasteiger partial charge in [0.2, 0.25) is 0 Å². The molecule has 3 heterocycles. The van der Waals surface area contributed by atoms with Crippen LogP contribution >= 0.6 is 0 Å². The number of aromatic carboxylic acids is 1. The van der Waals surface area contributed by atoms with Crippen LogP contribution in [-0.2, 0) is 4.74 Å². The topological polar surface area (TPSA) is 74.7 Å². The zero-order chi connectivity index (χ0) is 12.5. The largest absolute Gasteiger partial charge is 0.477 e. The molecule has 2 N–H and O–H groups in total. The Morgan fingerprint density at radius 1 is 1.50 bits per heavy atom. The van der Waals surface area contributed by atoms with Crippen LogP contribution in [0.1, 0.15) is 10.5 Å². The van der Waals surface area contributed by atoms with Gasteiger partial charge in [-0.2, -0.15) is 0 Å². The van der Waals surface area contributed by atoms with Crippen molar-refractivity contribution < 1.29 is 14.6 Å². The predicted molar refractivity (Wildman–Crippen MR) is 64.9 cm³/mol. The molecule has 0 bridgehead atoms. The van der Waals surface area contributed by atoms with E-state index in [0.717, 1.165) is 25.4 Å². The molecular formula is C12H15N3O3. The molecule has 3 rings (SSSR count). The van der Waals surface area contributed by atoms with Gasteiger partial charge in [0.25, 0.3) is 0 Å². The highest BCUT2D eigenvalue weighted by molar-refractivity contribution is 5.85. The minimum Gasteiger partial charge on any atom is -0.477 e. The summed E-state index contributed by atoms with van der Waals surface area (Å²) in [6.45, 7) is 3.24. The average molecular weight is 249 g/mol. The van der Waals surface area contributed by atoms with Gasteiger partial charge < -0.3 is 20.1 Å². The molecular weight excluding hydrogens is 234 g/mol. The van der Waals surface area contributed by atoms with Crippen molar-refractivity contribution in [3.8, 4) is 0 Å². The van der Waals surface area contributed by atoms with Gasteiger partial charge in [0.05, 0.1) is 37.2 Å². The van der Waals surface area contributed by atoms with Crippen molar-refractivity contribution in [2.75, 3.05) is 31.2 Å². The normalized spacial score (nSPS) is 27.0. The summed E-state index contributed by atoms with van der Waals surface area (Å²) >= 11 is 0. The molecule has 0 radical (unpaired) electrons. The molecule has 0 spiro atoms. The summed E-state index contributed by atoms with van der Waals surface area (Å²) in [7, 11) is 0. The van der Waals surface area contributed by atoms with E-state index in [0.29, 0.717) is 18.7 Å². The van der Waals surface area contributed by atoms with Gasteiger partial charge in [0, 0.05) is 13.1 Å². The molecule has 2 aliphatic rings. The van der Waals surface area contributed by atoms with Crippen LogP contribution in [0.2, 0.25) is 0 Å². The summed E-state index contributed by atoms with van der Waals surface area (Å²) in [6.07, 6.45) is 1.63. The van der Waals surface area contributed by atoms with E-state index in [1.807, 2.05) is 6.07 Å². The Kier molecular flexibility index (Phi) is 2.89. The summed E-state index contributed by atoms with van der Waals surface area (Å²) in [4.78, 5) is 17.0. The van der Waals surface area contributed by atoms with Crippen molar-refractivity contribution in [1.82, 2.24) is 10.3 Å². The third-order valence-electron chi connectivity index (χ3n) is 3.51. The molecule has 96 valence electrons. The highest BCUT2D eigenvalue weighted by Crippen LogP contribution is 2.23. The molecule has 6 heteroatoms. The quantitative estimate of drug-likeness (QED) is 0.766. The lowest BCUT2D eigenvalue weighted by atomic mass is 10.1. The number of hydrogen-bond donors (Lipinski definition) is 2. The first-order valence-electron chi connectivity index (χ1n) is 6.03. The Morgan fingerprint density at radius 3 is 3.11 bits per heavy atom. The van der Waals surface area contributed by atoms with E-state index in [4.69, 9.17) is 9.84 Å². The average Bonchev–Trinajstić information content (AvgIpc) is 2.87. The van der Waals surface area contributed by atoms with E-state index < -0.39 is 5.97 Å². The van der Waals surface area contributed by atoms with Crippen LogP contribution in [0.3, 0.4) is 0 Å². The molecule has 18 heavy (non-hydrogen) atoms. The van der Waals surface area contributed by atoms with Crippen LogP contribution in [0.4, 0.5) is 5.69 Å². The molecule has 2 atom stereocenters. The number of aromatic nitrogens is 1. The first-order valence-corrected chi connectivity index (χ1v) is 6.03. The molecule has 2 fully saturated rings. The Labute approximate surface area is 105 Å². The molecule has 0 amide bonds. The van der Waals surface area contributed by atoms with Crippen LogP contribution in [-0.4, -0.2) is 54.4 Å². The minimum absolute atomic E-state index is 0.0770. The second kappa shape index (κ2) is 4.55. The molecule has 1 aromatic rings. The maximum atomic E-state index is 10.8. The Balaban J connectivity index is 1.82. The predicted octanol–water partition coefficient (Wildman–Crippen LogP) is -0.0432. The summed E-state index contributed by atoms with van der Waals surface area (Å²) in [6, 6.07) is 4.04. The summed E-state index contributed by atoms with van der Waals surface area (Å²) in [5, 5.41) is 12.3. The third-order valence-corrected chi connectivity index (χ3v) is 3.51. The molecule has 2 saturated heterocycles. The van der Waals surface area contributed by atoms with Crippen LogP contribution in [0.5, 0.6) is 0 Å². The number of pyridine rings is 1. The molecule has 0 aromatic carbocycles. The lowest BCUT2D eigenvalue weighted by Crippen LogP contribution is -2.57. The van der Waals surface area contributed by atoms with Gasteiger partial charge in [-0.1, -0.05) is 0 Å². The highest BCUT2D eigenvalue weighted by atomic mass is 16.5. The summed E-state index contributed by atoms with van der Waals surface area (Å²) in [5.41, 5.74) is 1.04. The van der Waals surface area contributed by atoms with Gasteiger partial charge in [-0.05, 0) is 12.1 Å². The van der Waals surface area contributed by atoms with Crippen LogP contribution < -0.4 is 10.2 Å². The molecule has 0 saturated carbocycles. The highest BCUT2D eigenvalue weighted by Gasteiger charge is 2.36. The van der Waals surface area contributed by atoms with Crippen molar-refractivity contribution >= 4 is 11.7 Å². The van der Waals surface area contributed by atoms with Crippen molar-refractivity contribution in [3.63, 3.8) is 0 Å². The van der Waals surface area contributed by atoms with E-state index in [2.05, 4.69) is 15.2 Å². The molecule has 0 aliphatic carbocycles. The third kappa shape index (κ3) is 1.93. The maximum absolute atomic E-state index is 10.8. The van der Waals surface area contributed by atoms with E-state index in [9.17, 15) is 4.79 Å². The SMILES string of the molecule is O=C(O)c1ccc(N2CCNC3COCC32)cn1. The van der Waals surface area contributed by atoms with Crippen molar-refractivity contribution in [1.29, 1.82) is 0 Å². The van der Waals surface area contributed by atoms with E-state index in [1.165, 1.54) is 0 Å². The van der Waals surface area contributed by atoms with E-state index in [1.54, 1.807) is 12.3 Å². The fourth-order valence-electron chi connectivity index (χ4n) is 2.58. The standard InChI is InChI=1S/C12H15N3O3/c16-12(17)9-2-1-8(5-14-9)15-4-3-13-10-6-18-7-11(10)15/h1-2,5,10-11,13H,3-4,6-7H2,(H,16,17). The number of carboxylic acid groups (broad SMARTS) is 1.